The number of aliphatic hydroxyl groups is 1. The Morgan fingerprint density at radius 3 is 2.22 bits per heavy atom. The maximum absolute atomic E-state index is 12.0. The Kier molecular flexibility index (Phi) is 7.72. The van der Waals surface area contributed by atoms with Crippen LogP contribution in [0.15, 0.2) is 18.2 Å². The van der Waals surface area contributed by atoms with Gasteiger partial charge in [-0.3, -0.25) is 0 Å². The molecule has 8 nitrogen and oxygen atoms in total. The molecule has 126 valence electrons. The number of aliphatic hydroxyl groups excluding tert-OH is 1. The van der Waals surface area contributed by atoms with Crippen LogP contribution in [-0.4, -0.2) is 63.7 Å². The van der Waals surface area contributed by atoms with Crippen LogP contribution < -0.4 is 0 Å². The molecule has 0 saturated carbocycles. The second kappa shape index (κ2) is 9.54. The van der Waals surface area contributed by atoms with Crippen molar-refractivity contribution in [3.05, 3.63) is 34.9 Å². The molecular weight excluding hydrogens is 308 g/mol. The first-order chi connectivity index (χ1) is 11.0. The third-order valence-electron chi connectivity index (χ3n) is 2.76. The molecule has 23 heavy (non-hydrogen) atoms. The van der Waals surface area contributed by atoms with Crippen LogP contribution >= 0.6 is 0 Å². The van der Waals surface area contributed by atoms with E-state index in [0.29, 0.717) is 0 Å². The van der Waals surface area contributed by atoms with Gasteiger partial charge in [0.05, 0.1) is 50.7 Å². The number of rotatable bonds is 8. The molecular formula is C15H18O8. The molecule has 0 amide bonds. The van der Waals surface area contributed by atoms with E-state index in [1.807, 2.05) is 0 Å². The molecule has 0 aliphatic heterocycles. The lowest BCUT2D eigenvalue weighted by atomic mass is 10.0. The third kappa shape index (κ3) is 5.35. The Labute approximate surface area is 132 Å². The molecule has 0 aliphatic carbocycles. The quantitative estimate of drug-likeness (QED) is 0.416. The third-order valence-corrected chi connectivity index (χ3v) is 2.76. The molecule has 1 rings (SSSR count). The van der Waals surface area contributed by atoms with E-state index in [2.05, 4.69) is 9.47 Å². The largest absolute Gasteiger partial charge is 0.465 e. The first-order valence-electron chi connectivity index (χ1n) is 6.71. The number of ether oxygens (including phenoxy) is 4. The summed E-state index contributed by atoms with van der Waals surface area (Å²) in [4.78, 5) is 35.3. The Balaban J connectivity index is 2.89. The van der Waals surface area contributed by atoms with Gasteiger partial charge in [0.2, 0.25) is 0 Å². The van der Waals surface area contributed by atoms with Gasteiger partial charge in [0.25, 0.3) is 0 Å². The number of esters is 3. The fraction of sp³-hybridized carbons (Fsp3) is 0.400. The van der Waals surface area contributed by atoms with Gasteiger partial charge in [0.1, 0.15) is 6.61 Å². The number of hydrogen-bond donors (Lipinski definition) is 1. The lowest BCUT2D eigenvalue weighted by Gasteiger charge is -2.10. The van der Waals surface area contributed by atoms with Crippen molar-refractivity contribution in [2.45, 2.75) is 0 Å². The van der Waals surface area contributed by atoms with Crippen molar-refractivity contribution in [2.24, 2.45) is 0 Å². The van der Waals surface area contributed by atoms with Crippen molar-refractivity contribution in [2.75, 3.05) is 40.6 Å². The van der Waals surface area contributed by atoms with Gasteiger partial charge in [0, 0.05) is 0 Å². The summed E-state index contributed by atoms with van der Waals surface area (Å²) in [5, 5.41) is 8.55. The van der Waals surface area contributed by atoms with Gasteiger partial charge in [-0.05, 0) is 18.2 Å². The van der Waals surface area contributed by atoms with Crippen LogP contribution in [0.2, 0.25) is 0 Å². The number of benzene rings is 1. The van der Waals surface area contributed by atoms with Crippen LogP contribution in [0.25, 0.3) is 0 Å². The predicted octanol–water partition coefficient (Wildman–Crippen LogP) is 0.426. The Hall–Kier alpha value is -2.45. The van der Waals surface area contributed by atoms with Crippen LogP contribution in [0.3, 0.4) is 0 Å². The summed E-state index contributed by atoms with van der Waals surface area (Å²) in [7, 11) is 2.36. The van der Waals surface area contributed by atoms with Gasteiger partial charge in [0.15, 0.2) is 0 Å². The van der Waals surface area contributed by atoms with Crippen molar-refractivity contribution in [1.82, 2.24) is 0 Å². The maximum Gasteiger partial charge on any atom is 0.339 e. The van der Waals surface area contributed by atoms with Gasteiger partial charge in [-0.15, -0.1) is 0 Å². The standard InChI is InChI=1S/C15H18O8/c1-20-13(17)10-3-4-11(12(9-10)14(18)21-2)15(19)23-8-7-22-6-5-16/h3-4,9,16H,5-8H2,1-2H3. The van der Waals surface area contributed by atoms with E-state index in [4.69, 9.17) is 14.6 Å². The van der Waals surface area contributed by atoms with E-state index < -0.39 is 17.9 Å². The van der Waals surface area contributed by atoms with Gasteiger partial charge in [-0.1, -0.05) is 0 Å². The molecule has 0 heterocycles. The Morgan fingerprint density at radius 2 is 1.61 bits per heavy atom. The normalized spacial score (nSPS) is 10.0. The Morgan fingerprint density at radius 1 is 0.913 bits per heavy atom. The topological polar surface area (TPSA) is 108 Å². The minimum absolute atomic E-state index is 0.0355. The smallest absolute Gasteiger partial charge is 0.339 e. The van der Waals surface area contributed by atoms with E-state index in [9.17, 15) is 14.4 Å². The van der Waals surface area contributed by atoms with Crippen LogP contribution in [0.5, 0.6) is 0 Å². The average molecular weight is 326 g/mol. The monoisotopic (exact) mass is 326 g/mol. The fourth-order valence-corrected chi connectivity index (χ4v) is 1.68. The lowest BCUT2D eigenvalue weighted by Crippen LogP contribution is -2.17. The highest BCUT2D eigenvalue weighted by Crippen LogP contribution is 2.16. The summed E-state index contributed by atoms with van der Waals surface area (Å²) >= 11 is 0. The zero-order valence-electron chi connectivity index (χ0n) is 12.9. The number of methoxy groups -OCH3 is 2. The van der Waals surface area contributed by atoms with Crippen LogP contribution in [0.4, 0.5) is 0 Å². The molecule has 0 unspecified atom stereocenters. The van der Waals surface area contributed by atoms with Crippen molar-refractivity contribution < 1.29 is 38.4 Å². The van der Waals surface area contributed by atoms with Crippen molar-refractivity contribution in [3.8, 4) is 0 Å². The molecule has 1 aromatic rings. The average Bonchev–Trinajstić information content (AvgIpc) is 2.59. The number of carbonyl (C=O) groups is 3. The van der Waals surface area contributed by atoms with Gasteiger partial charge >= 0.3 is 17.9 Å². The van der Waals surface area contributed by atoms with Gasteiger partial charge < -0.3 is 24.1 Å². The van der Waals surface area contributed by atoms with E-state index in [-0.39, 0.29) is 43.1 Å². The Bertz CT molecular complexity index is 567. The zero-order chi connectivity index (χ0) is 17.2. The summed E-state index contributed by atoms with van der Waals surface area (Å²) < 4.78 is 19.1. The van der Waals surface area contributed by atoms with Crippen LogP contribution in [-0.2, 0) is 18.9 Å². The highest BCUT2D eigenvalue weighted by atomic mass is 16.6. The second-order valence-corrected chi connectivity index (χ2v) is 4.22. The zero-order valence-corrected chi connectivity index (χ0v) is 12.9. The van der Waals surface area contributed by atoms with Crippen molar-refractivity contribution in [3.63, 3.8) is 0 Å². The molecule has 0 aromatic heterocycles. The first-order valence-corrected chi connectivity index (χ1v) is 6.71. The van der Waals surface area contributed by atoms with Gasteiger partial charge in [-0.25, -0.2) is 14.4 Å². The first kappa shape index (κ1) is 18.6. The summed E-state index contributed by atoms with van der Waals surface area (Å²) in [5.41, 5.74) is -0.0286. The molecule has 0 aliphatic rings. The van der Waals surface area contributed by atoms with Gasteiger partial charge in [-0.2, -0.15) is 0 Å². The summed E-state index contributed by atoms with van der Waals surface area (Å²) in [6, 6.07) is 3.84. The molecule has 0 saturated heterocycles. The lowest BCUT2D eigenvalue weighted by molar-refractivity contribution is 0.0253. The molecule has 1 N–H and O–H groups in total. The summed E-state index contributed by atoms with van der Waals surface area (Å²) in [5.74, 6) is -2.18. The highest BCUT2D eigenvalue weighted by molar-refractivity contribution is 6.05. The number of hydrogen-bond acceptors (Lipinski definition) is 8. The fourth-order valence-electron chi connectivity index (χ4n) is 1.68. The van der Waals surface area contributed by atoms with Crippen molar-refractivity contribution >= 4 is 17.9 Å². The summed E-state index contributed by atoms with van der Waals surface area (Å²) in [6.07, 6.45) is 0. The minimum Gasteiger partial charge on any atom is -0.465 e. The molecule has 0 atom stereocenters. The number of carbonyl (C=O) groups excluding carboxylic acids is 3. The molecule has 8 heteroatoms. The summed E-state index contributed by atoms with van der Waals surface area (Å²) in [6.45, 7) is 0.0759. The second-order valence-electron chi connectivity index (χ2n) is 4.22. The molecule has 0 spiro atoms. The minimum atomic E-state index is -0.778. The van der Waals surface area contributed by atoms with E-state index in [1.54, 1.807) is 0 Å². The molecule has 1 aromatic carbocycles. The molecule has 0 bridgehead atoms. The van der Waals surface area contributed by atoms with Crippen molar-refractivity contribution in [1.29, 1.82) is 0 Å². The molecule has 0 fully saturated rings. The SMILES string of the molecule is COC(=O)c1ccc(C(=O)OCCOCCO)c(C(=O)OC)c1. The van der Waals surface area contributed by atoms with Crippen LogP contribution in [0, 0.1) is 0 Å². The predicted molar refractivity (Wildman–Crippen MR) is 77.3 cm³/mol. The highest BCUT2D eigenvalue weighted by Gasteiger charge is 2.21. The molecule has 0 radical (unpaired) electrons. The van der Waals surface area contributed by atoms with E-state index in [0.717, 1.165) is 7.11 Å². The van der Waals surface area contributed by atoms with Crippen LogP contribution in [0.1, 0.15) is 31.1 Å². The maximum atomic E-state index is 12.0. The van der Waals surface area contributed by atoms with E-state index in [1.165, 1.54) is 25.3 Å². The van der Waals surface area contributed by atoms with E-state index >= 15 is 0 Å².